The minimum absolute atomic E-state index is 0.139. The fourth-order valence-electron chi connectivity index (χ4n) is 2.72. The van der Waals surface area contributed by atoms with E-state index in [1.807, 2.05) is 6.07 Å². The van der Waals surface area contributed by atoms with Gasteiger partial charge in [-0.2, -0.15) is 5.26 Å². The molecule has 22 heavy (non-hydrogen) atoms. The quantitative estimate of drug-likeness (QED) is 0.758. The molecule has 0 saturated heterocycles. The minimum Gasteiger partial charge on any atom is -0.493 e. The number of carbonyl (C=O) groups is 1. The van der Waals surface area contributed by atoms with E-state index in [4.69, 9.17) is 10.00 Å². The number of nitriles is 1. The Morgan fingerprint density at radius 1 is 1.41 bits per heavy atom. The normalized spacial score (nSPS) is 16.0. The van der Waals surface area contributed by atoms with Crippen molar-refractivity contribution in [1.29, 1.82) is 5.26 Å². The summed E-state index contributed by atoms with van der Waals surface area (Å²) in [5, 5.41) is 21.5. The van der Waals surface area contributed by atoms with Crippen molar-refractivity contribution in [3.05, 3.63) is 24.3 Å². The highest BCUT2D eigenvalue weighted by Gasteiger charge is 2.33. The summed E-state index contributed by atoms with van der Waals surface area (Å²) in [6, 6.07) is 9.23. The Kier molecular flexibility index (Phi) is 5.79. The number of ether oxygens (including phenoxy) is 1. The molecule has 1 aromatic rings. The number of hydrogen-bond acceptors (Lipinski definition) is 4. The largest absolute Gasteiger partial charge is 0.493 e. The lowest BCUT2D eigenvalue weighted by Crippen LogP contribution is -2.30. The molecule has 1 aliphatic rings. The lowest BCUT2D eigenvalue weighted by Gasteiger charge is -2.21. The van der Waals surface area contributed by atoms with Crippen LogP contribution in [0, 0.1) is 11.3 Å². The molecule has 0 heterocycles. The van der Waals surface area contributed by atoms with Gasteiger partial charge in [0.1, 0.15) is 5.75 Å². The van der Waals surface area contributed by atoms with E-state index in [0.717, 1.165) is 12.8 Å². The van der Waals surface area contributed by atoms with E-state index < -0.39 is 5.60 Å². The van der Waals surface area contributed by atoms with Crippen molar-refractivity contribution in [2.45, 2.75) is 50.5 Å². The molecule has 0 aromatic heterocycles. The number of amides is 1. The number of nitrogens with zero attached hydrogens (tertiary/aromatic N) is 1. The van der Waals surface area contributed by atoms with Gasteiger partial charge < -0.3 is 15.2 Å². The smallest absolute Gasteiger partial charge is 0.227 e. The van der Waals surface area contributed by atoms with E-state index in [1.54, 1.807) is 18.2 Å². The average molecular weight is 302 g/mol. The van der Waals surface area contributed by atoms with Crippen LogP contribution in [0.2, 0.25) is 0 Å². The summed E-state index contributed by atoms with van der Waals surface area (Å²) in [4.78, 5) is 12.0. The fourth-order valence-corrected chi connectivity index (χ4v) is 2.72. The minimum atomic E-state index is -0.838. The number of nitrogens with one attached hydrogen (secondary N) is 1. The predicted molar refractivity (Wildman–Crippen MR) is 83.4 cm³/mol. The van der Waals surface area contributed by atoms with Crippen molar-refractivity contribution >= 4 is 11.6 Å². The van der Waals surface area contributed by atoms with Crippen LogP contribution >= 0.6 is 0 Å². The standard InChI is InChI=1S/C17H22N2O3/c18-10-3-4-11-22-15-7-5-6-14(12-15)19-16(20)13-17(21)8-1-2-9-17/h5-7,12,21H,1-4,8-9,11,13H2,(H,19,20). The number of unbranched alkanes of at least 4 members (excludes halogenated alkanes) is 1. The van der Waals surface area contributed by atoms with E-state index in [0.29, 0.717) is 43.7 Å². The monoisotopic (exact) mass is 302 g/mol. The van der Waals surface area contributed by atoms with Crippen molar-refractivity contribution in [2.75, 3.05) is 11.9 Å². The maximum absolute atomic E-state index is 12.0. The van der Waals surface area contributed by atoms with Crippen LogP contribution in [0.25, 0.3) is 0 Å². The van der Waals surface area contributed by atoms with Gasteiger partial charge in [-0.15, -0.1) is 0 Å². The zero-order valence-electron chi connectivity index (χ0n) is 12.7. The number of anilines is 1. The zero-order valence-corrected chi connectivity index (χ0v) is 12.7. The molecule has 0 atom stereocenters. The Hall–Kier alpha value is -2.06. The SMILES string of the molecule is N#CCCCOc1cccc(NC(=O)CC2(O)CCCC2)c1. The van der Waals surface area contributed by atoms with Crippen LogP contribution in [-0.2, 0) is 4.79 Å². The molecule has 0 bridgehead atoms. The van der Waals surface area contributed by atoms with Crippen LogP contribution in [-0.4, -0.2) is 23.2 Å². The molecular formula is C17H22N2O3. The number of aliphatic hydroxyl groups is 1. The summed E-state index contributed by atoms with van der Waals surface area (Å²) in [6.45, 7) is 0.477. The molecule has 1 aliphatic carbocycles. The second-order valence-corrected chi connectivity index (χ2v) is 5.79. The number of benzene rings is 1. The number of carbonyl (C=O) groups excluding carboxylic acids is 1. The Morgan fingerprint density at radius 3 is 2.91 bits per heavy atom. The highest BCUT2D eigenvalue weighted by Crippen LogP contribution is 2.32. The van der Waals surface area contributed by atoms with Gasteiger partial charge in [0, 0.05) is 18.2 Å². The molecule has 1 saturated carbocycles. The van der Waals surface area contributed by atoms with Crippen molar-refractivity contribution in [1.82, 2.24) is 0 Å². The molecule has 5 heteroatoms. The highest BCUT2D eigenvalue weighted by atomic mass is 16.5. The Labute approximate surface area is 130 Å². The van der Waals surface area contributed by atoms with E-state index in [2.05, 4.69) is 11.4 Å². The van der Waals surface area contributed by atoms with Crippen LogP contribution in [0.1, 0.15) is 44.9 Å². The molecule has 5 nitrogen and oxygen atoms in total. The topological polar surface area (TPSA) is 82.3 Å². The molecular weight excluding hydrogens is 280 g/mol. The van der Waals surface area contributed by atoms with Gasteiger partial charge in [-0.3, -0.25) is 4.79 Å². The lowest BCUT2D eigenvalue weighted by molar-refractivity contribution is -0.120. The van der Waals surface area contributed by atoms with Crippen molar-refractivity contribution in [2.24, 2.45) is 0 Å². The van der Waals surface area contributed by atoms with Gasteiger partial charge in [-0.25, -0.2) is 0 Å². The first-order chi connectivity index (χ1) is 10.6. The number of hydrogen-bond donors (Lipinski definition) is 2. The van der Waals surface area contributed by atoms with Crippen LogP contribution < -0.4 is 10.1 Å². The van der Waals surface area contributed by atoms with E-state index >= 15 is 0 Å². The third-order valence-electron chi connectivity index (χ3n) is 3.84. The van der Waals surface area contributed by atoms with E-state index in [-0.39, 0.29) is 12.3 Å². The number of rotatable bonds is 7. The lowest BCUT2D eigenvalue weighted by atomic mass is 9.97. The first-order valence-corrected chi connectivity index (χ1v) is 7.73. The molecule has 2 N–H and O–H groups in total. The maximum atomic E-state index is 12.0. The van der Waals surface area contributed by atoms with Gasteiger partial charge in [0.15, 0.2) is 0 Å². The summed E-state index contributed by atoms with van der Waals surface area (Å²) in [6.07, 6.45) is 4.64. The third kappa shape index (κ3) is 5.05. The second-order valence-electron chi connectivity index (χ2n) is 5.79. The summed E-state index contributed by atoms with van der Waals surface area (Å²) >= 11 is 0. The molecule has 1 fully saturated rings. The van der Waals surface area contributed by atoms with E-state index in [9.17, 15) is 9.90 Å². The molecule has 2 rings (SSSR count). The van der Waals surface area contributed by atoms with Gasteiger partial charge in [-0.05, 0) is 31.4 Å². The Bertz CT molecular complexity index is 545. The maximum Gasteiger partial charge on any atom is 0.227 e. The van der Waals surface area contributed by atoms with Crippen LogP contribution in [0.4, 0.5) is 5.69 Å². The molecule has 1 aromatic carbocycles. The molecule has 0 unspecified atom stereocenters. The Balaban J connectivity index is 1.84. The molecule has 0 aliphatic heterocycles. The third-order valence-corrected chi connectivity index (χ3v) is 3.84. The van der Waals surface area contributed by atoms with Crippen LogP contribution in [0.15, 0.2) is 24.3 Å². The summed E-state index contributed by atoms with van der Waals surface area (Å²) in [5.41, 5.74) is -0.181. The molecule has 1 amide bonds. The van der Waals surface area contributed by atoms with Gasteiger partial charge >= 0.3 is 0 Å². The molecule has 0 spiro atoms. The first kappa shape index (κ1) is 16.3. The second kappa shape index (κ2) is 7.81. The summed E-state index contributed by atoms with van der Waals surface area (Å²) in [7, 11) is 0. The average Bonchev–Trinajstić information content (AvgIpc) is 2.90. The van der Waals surface area contributed by atoms with Gasteiger partial charge in [0.05, 0.1) is 24.7 Å². The zero-order chi connectivity index (χ0) is 15.8. The van der Waals surface area contributed by atoms with Gasteiger partial charge in [-0.1, -0.05) is 18.9 Å². The van der Waals surface area contributed by atoms with Crippen molar-refractivity contribution in [3.8, 4) is 11.8 Å². The van der Waals surface area contributed by atoms with Crippen LogP contribution in [0.3, 0.4) is 0 Å². The first-order valence-electron chi connectivity index (χ1n) is 7.73. The van der Waals surface area contributed by atoms with Crippen molar-refractivity contribution in [3.63, 3.8) is 0 Å². The van der Waals surface area contributed by atoms with Crippen LogP contribution in [0.5, 0.6) is 5.75 Å². The van der Waals surface area contributed by atoms with Gasteiger partial charge in [0.2, 0.25) is 5.91 Å². The molecule has 118 valence electrons. The van der Waals surface area contributed by atoms with Gasteiger partial charge in [0.25, 0.3) is 0 Å². The predicted octanol–water partition coefficient (Wildman–Crippen LogP) is 3.00. The highest BCUT2D eigenvalue weighted by molar-refractivity contribution is 5.91. The Morgan fingerprint density at radius 2 is 2.18 bits per heavy atom. The summed E-state index contributed by atoms with van der Waals surface area (Å²) < 4.78 is 5.53. The van der Waals surface area contributed by atoms with E-state index in [1.165, 1.54) is 0 Å². The summed E-state index contributed by atoms with van der Waals surface area (Å²) in [5.74, 6) is 0.487. The molecule has 0 radical (unpaired) electrons. The van der Waals surface area contributed by atoms with Crippen molar-refractivity contribution < 1.29 is 14.6 Å². The fraction of sp³-hybridized carbons (Fsp3) is 0.529.